The van der Waals surface area contributed by atoms with Crippen molar-refractivity contribution in [2.45, 2.75) is 13.5 Å². The van der Waals surface area contributed by atoms with Gasteiger partial charge < -0.3 is 15.3 Å². The zero-order chi connectivity index (χ0) is 24.6. The van der Waals surface area contributed by atoms with Crippen LogP contribution in [0.2, 0.25) is 0 Å². The molecule has 0 bridgehead atoms. The van der Waals surface area contributed by atoms with E-state index in [1.165, 1.54) is 19.1 Å². The molecule has 0 radical (unpaired) electrons. The van der Waals surface area contributed by atoms with Gasteiger partial charge in [-0.3, -0.25) is 14.9 Å². The van der Waals surface area contributed by atoms with Crippen molar-refractivity contribution in [3.63, 3.8) is 0 Å². The topological polar surface area (TPSA) is 121 Å². The summed E-state index contributed by atoms with van der Waals surface area (Å²) in [4.78, 5) is 10.8. The second kappa shape index (κ2) is 16.9. The zero-order valence-corrected chi connectivity index (χ0v) is 20.6. The fourth-order valence-corrected chi connectivity index (χ4v) is 3.04. The van der Waals surface area contributed by atoms with Crippen LogP contribution in [0.4, 0.5) is 0 Å². The molecule has 3 rings (SSSR count). The number of para-hydroxylation sites is 3. The first-order valence-corrected chi connectivity index (χ1v) is 10.8. The van der Waals surface area contributed by atoms with Gasteiger partial charge in [0.15, 0.2) is 0 Å². The third-order valence-corrected chi connectivity index (χ3v) is 4.76. The Kier molecular flexibility index (Phi) is 14.2. The number of hydrogen-bond donors (Lipinski definition) is 0. The Balaban J connectivity index is 0.00000145. The molecule has 0 unspecified atom stereocenters. The Labute approximate surface area is 217 Å². The van der Waals surface area contributed by atoms with E-state index in [1.54, 1.807) is 67.0 Å². The van der Waals surface area contributed by atoms with Crippen LogP contribution < -0.4 is 15.3 Å². The van der Waals surface area contributed by atoms with E-state index >= 15 is 0 Å². The van der Waals surface area contributed by atoms with Crippen molar-refractivity contribution in [1.29, 1.82) is 5.26 Å². The Morgan fingerprint density at radius 1 is 0.743 bits per heavy atom. The number of nitrogens with zero attached hydrogens (tertiary/aromatic N) is 4. The van der Waals surface area contributed by atoms with Gasteiger partial charge in [-0.15, -0.1) is 17.2 Å². The summed E-state index contributed by atoms with van der Waals surface area (Å²) in [6.07, 6.45) is 3.18. The predicted molar refractivity (Wildman–Crippen MR) is 129 cm³/mol. The summed E-state index contributed by atoms with van der Waals surface area (Å²) in [5, 5.41) is 43.0. The van der Waals surface area contributed by atoms with Crippen LogP contribution in [0.25, 0.3) is 0 Å². The van der Waals surface area contributed by atoms with Crippen molar-refractivity contribution in [1.82, 2.24) is 4.90 Å². The molecule has 0 heterocycles. The summed E-state index contributed by atoms with van der Waals surface area (Å²) in [6, 6.07) is 22.2. The van der Waals surface area contributed by atoms with Gasteiger partial charge in [-0.1, -0.05) is 72.8 Å². The van der Waals surface area contributed by atoms with Crippen molar-refractivity contribution < 1.29 is 32.4 Å². The number of benzene rings is 3. The summed E-state index contributed by atoms with van der Waals surface area (Å²) in [5.74, 6) is -0.118. The maximum absolute atomic E-state index is 12.1. The SMILES string of the molecule is CC#N.[Fe+4].[O-]c1ccccc1C=NCCN(CCN=Cc1ccccc1[O-])Cc1ccccc1[O-]. The molecule has 0 saturated carbocycles. The molecule has 0 aliphatic rings. The average Bonchev–Trinajstić information content (AvgIpc) is 2.83. The van der Waals surface area contributed by atoms with Gasteiger partial charge in [0.1, 0.15) is 0 Å². The van der Waals surface area contributed by atoms with E-state index in [9.17, 15) is 15.3 Å². The minimum Gasteiger partial charge on any atom is -0.872 e. The van der Waals surface area contributed by atoms with Gasteiger partial charge in [0.25, 0.3) is 0 Å². The third-order valence-electron chi connectivity index (χ3n) is 4.76. The first kappa shape index (κ1) is 29.4. The molecule has 0 fully saturated rings. The van der Waals surface area contributed by atoms with Gasteiger partial charge in [-0.05, 0) is 16.7 Å². The van der Waals surface area contributed by atoms with Crippen LogP contribution in [0.1, 0.15) is 23.6 Å². The number of hydrogen-bond acceptors (Lipinski definition) is 7. The molecule has 0 aliphatic heterocycles. The minimum absolute atomic E-state index is 0. The smallest absolute Gasteiger partial charge is 0.872 e. The summed E-state index contributed by atoms with van der Waals surface area (Å²) >= 11 is 0. The fraction of sp³-hybridized carbons (Fsp3) is 0.222. The fourth-order valence-electron chi connectivity index (χ4n) is 3.04. The maximum atomic E-state index is 12.1. The third kappa shape index (κ3) is 10.9. The van der Waals surface area contributed by atoms with Crippen LogP contribution in [-0.4, -0.2) is 43.5 Å². The van der Waals surface area contributed by atoms with Gasteiger partial charge in [-0.2, -0.15) is 5.26 Å². The van der Waals surface area contributed by atoms with E-state index in [-0.39, 0.29) is 34.3 Å². The number of nitriles is 1. The quantitative estimate of drug-likeness (QED) is 0.306. The van der Waals surface area contributed by atoms with Crippen molar-refractivity contribution in [2.24, 2.45) is 9.98 Å². The minimum atomic E-state index is -0.0589. The van der Waals surface area contributed by atoms with Gasteiger partial charge in [0.2, 0.25) is 0 Å². The summed E-state index contributed by atoms with van der Waals surface area (Å²) in [6.45, 7) is 4.12. The van der Waals surface area contributed by atoms with Crippen LogP contribution in [0, 0.1) is 11.3 Å². The molecule has 0 aliphatic carbocycles. The molecule has 7 nitrogen and oxygen atoms in total. The molecule has 0 spiro atoms. The van der Waals surface area contributed by atoms with Crippen LogP contribution in [0.15, 0.2) is 82.8 Å². The van der Waals surface area contributed by atoms with Gasteiger partial charge >= 0.3 is 17.1 Å². The first-order valence-electron chi connectivity index (χ1n) is 10.8. The Morgan fingerprint density at radius 2 is 1.14 bits per heavy atom. The zero-order valence-electron chi connectivity index (χ0n) is 19.5. The van der Waals surface area contributed by atoms with Gasteiger partial charge in [0, 0.05) is 39.0 Å². The van der Waals surface area contributed by atoms with Crippen molar-refractivity contribution in [3.8, 4) is 23.3 Å². The number of rotatable bonds is 10. The van der Waals surface area contributed by atoms with E-state index in [0.717, 1.165) is 0 Å². The Morgan fingerprint density at radius 3 is 1.57 bits per heavy atom. The van der Waals surface area contributed by atoms with Crippen molar-refractivity contribution in [3.05, 3.63) is 89.5 Å². The van der Waals surface area contributed by atoms with E-state index in [2.05, 4.69) is 14.9 Å². The predicted octanol–water partition coefficient (Wildman–Crippen LogP) is 2.47. The monoisotopic (exact) mass is 511 g/mol. The molecule has 0 atom stereocenters. The van der Waals surface area contributed by atoms with Gasteiger partial charge in [-0.25, -0.2) is 0 Å². The van der Waals surface area contributed by atoms with E-state index < -0.39 is 0 Å². The van der Waals surface area contributed by atoms with Crippen LogP contribution in [0.5, 0.6) is 17.2 Å². The molecular weight excluding hydrogens is 484 g/mol. The van der Waals surface area contributed by atoms with Crippen molar-refractivity contribution >= 4 is 12.4 Å². The second-order valence-electron chi connectivity index (χ2n) is 7.25. The van der Waals surface area contributed by atoms with Crippen LogP contribution in [0.3, 0.4) is 0 Å². The summed E-state index contributed by atoms with van der Waals surface area (Å²) < 4.78 is 0. The molecule has 3 aromatic rings. The van der Waals surface area contributed by atoms with E-state index in [0.29, 0.717) is 49.4 Å². The summed E-state index contributed by atoms with van der Waals surface area (Å²) in [5.41, 5.74) is 1.82. The Hall–Kier alpha value is -3.63. The molecular formula is C27H27FeN4O3+. The normalized spacial score (nSPS) is 10.5. The first-order chi connectivity index (χ1) is 16.5. The van der Waals surface area contributed by atoms with E-state index in [4.69, 9.17) is 5.26 Å². The molecule has 0 saturated heterocycles. The molecule has 0 N–H and O–H groups in total. The van der Waals surface area contributed by atoms with E-state index in [1.807, 2.05) is 12.1 Å². The Bertz CT molecular complexity index is 1070. The molecule has 180 valence electrons. The maximum Gasteiger partial charge on any atom is 4.00 e. The molecule has 0 aromatic heterocycles. The second-order valence-corrected chi connectivity index (χ2v) is 7.25. The summed E-state index contributed by atoms with van der Waals surface area (Å²) in [7, 11) is 0. The van der Waals surface area contributed by atoms with Crippen LogP contribution >= 0.6 is 0 Å². The molecule has 8 heteroatoms. The average molecular weight is 511 g/mol. The molecule has 35 heavy (non-hydrogen) atoms. The van der Waals surface area contributed by atoms with Gasteiger partial charge in [0.05, 0.1) is 19.2 Å². The van der Waals surface area contributed by atoms with Crippen molar-refractivity contribution in [2.75, 3.05) is 26.2 Å². The molecule has 0 amide bonds. The standard InChI is InChI=1S/C25H27N3O3.C2H3N.Fe/c29-23-10-4-1-7-20(23)17-26-13-15-28(19-22-9-3-6-12-25(22)31)16-14-27-18-21-8-2-5-11-24(21)30;1-2-3;/h1-12,17-18,29-31H,13-16,19H2;1H3;/q;;+4/p-3. The number of aliphatic imine (C=N–C) groups is 2. The van der Waals surface area contributed by atoms with Crippen LogP contribution in [-0.2, 0) is 23.6 Å². The molecule has 3 aromatic carbocycles. The largest absolute Gasteiger partial charge is 4.00 e.